The van der Waals surface area contributed by atoms with Crippen molar-refractivity contribution in [3.63, 3.8) is 0 Å². The van der Waals surface area contributed by atoms with Crippen molar-refractivity contribution in [1.29, 1.82) is 0 Å². The van der Waals surface area contributed by atoms with Crippen molar-refractivity contribution >= 4 is 17.4 Å². The lowest BCUT2D eigenvalue weighted by Crippen LogP contribution is -2.45. The minimum atomic E-state index is -0.852. The highest BCUT2D eigenvalue weighted by Gasteiger charge is 2.67. The van der Waals surface area contributed by atoms with Gasteiger partial charge in [-0.15, -0.1) is 0 Å². The van der Waals surface area contributed by atoms with Gasteiger partial charge < -0.3 is 19.9 Å². The van der Waals surface area contributed by atoms with Crippen molar-refractivity contribution < 1.29 is 24.2 Å². The topological polar surface area (TPSA) is 84.9 Å². The number of fused-ring (bicyclic) bond motifs is 5. The summed E-state index contributed by atoms with van der Waals surface area (Å²) in [5.41, 5.74) is 3.83. The first-order valence-corrected chi connectivity index (χ1v) is 11.5. The highest BCUT2D eigenvalue weighted by atomic mass is 16.6. The largest absolute Gasteiger partial charge is 0.511 e. The van der Waals surface area contributed by atoms with E-state index in [1.165, 1.54) is 0 Å². The molecule has 4 rings (SSSR count). The summed E-state index contributed by atoms with van der Waals surface area (Å²) < 4.78 is 11.7. The van der Waals surface area contributed by atoms with E-state index in [1.54, 1.807) is 0 Å². The number of Topliss-reactive ketones (excluding diaryl/α,β-unsaturated/α-hetero) is 1. The number of benzene rings is 1. The molecular formula is C25H33NO5. The maximum atomic E-state index is 13.8. The lowest BCUT2D eigenvalue weighted by molar-refractivity contribution is -0.125. The quantitative estimate of drug-likeness (QED) is 0.679. The fourth-order valence-electron chi connectivity index (χ4n) is 5.75. The summed E-state index contributed by atoms with van der Waals surface area (Å²) in [6.07, 6.45) is 3.09. The summed E-state index contributed by atoms with van der Waals surface area (Å²) >= 11 is 0. The molecule has 0 spiro atoms. The number of rotatable bonds is 7. The average Bonchev–Trinajstić information content (AvgIpc) is 3.40. The Kier molecular flexibility index (Phi) is 5.86. The first-order valence-electron chi connectivity index (χ1n) is 11.5. The predicted molar refractivity (Wildman–Crippen MR) is 118 cm³/mol. The molecule has 2 bridgehead atoms. The van der Waals surface area contributed by atoms with E-state index in [9.17, 15) is 14.7 Å². The number of hydrogen-bond acceptors (Lipinski definition) is 5. The molecule has 1 amide bonds. The SMILES string of the molecule is CCCNC(=O)OC[C@]12CC[C@H](O1)[C@@H]1C(O)=C(c3c(CC)cc(C)cc3CC)C(=O)[C@@H]12. The van der Waals surface area contributed by atoms with E-state index in [1.807, 2.05) is 6.92 Å². The molecule has 2 aliphatic heterocycles. The van der Waals surface area contributed by atoms with Crippen LogP contribution in [0.5, 0.6) is 0 Å². The van der Waals surface area contributed by atoms with E-state index in [2.05, 4.69) is 38.2 Å². The summed E-state index contributed by atoms with van der Waals surface area (Å²) in [5.74, 6) is -0.772. The Morgan fingerprint density at radius 1 is 1.26 bits per heavy atom. The van der Waals surface area contributed by atoms with Crippen LogP contribution in [0.1, 0.15) is 62.3 Å². The van der Waals surface area contributed by atoms with Crippen molar-refractivity contribution in [3.05, 3.63) is 40.1 Å². The standard InChI is InChI=1S/C25H33NO5/c1-5-10-26-24(29)30-13-25-9-8-17(31-25)19-21(25)23(28)20(22(19)27)18-15(6-2)11-14(4)12-16(18)7-3/h11-12,17,19,21,27H,5-10,13H2,1-4H3,(H,26,29)/t17-,19-,21+,25-/m0/s1. The predicted octanol–water partition coefficient (Wildman–Crippen LogP) is 4.27. The van der Waals surface area contributed by atoms with E-state index in [4.69, 9.17) is 9.47 Å². The van der Waals surface area contributed by atoms with Crippen molar-refractivity contribution in [2.24, 2.45) is 11.8 Å². The Morgan fingerprint density at radius 3 is 2.55 bits per heavy atom. The number of nitrogens with one attached hydrogen (secondary N) is 1. The van der Waals surface area contributed by atoms with Gasteiger partial charge in [-0.3, -0.25) is 4.79 Å². The third-order valence-corrected chi connectivity index (χ3v) is 7.09. The molecule has 0 saturated carbocycles. The first kappa shape index (κ1) is 21.9. The second-order valence-electron chi connectivity index (χ2n) is 9.06. The van der Waals surface area contributed by atoms with Gasteiger partial charge in [0, 0.05) is 6.54 Å². The molecule has 0 aromatic heterocycles. The van der Waals surface area contributed by atoms with Gasteiger partial charge in [0.05, 0.1) is 23.5 Å². The number of hydrogen-bond donors (Lipinski definition) is 2. The van der Waals surface area contributed by atoms with E-state index in [-0.39, 0.29) is 30.2 Å². The normalized spacial score (nSPS) is 28.9. The molecule has 2 saturated heterocycles. The number of aliphatic hydroxyl groups is 1. The number of aliphatic hydroxyl groups excluding tert-OH is 1. The Balaban J connectivity index is 1.68. The van der Waals surface area contributed by atoms with Gasteiger partial charge in [-0.05, 0) is 55.7 Å². The molecule has 6 heteroatoms. The maximum Gasteiger partial charge on any atom is 0.407 e. The van der Waals surface area contributed by atoms with Crippen LogP contribution in [0, 0.1) is 18.8 Å². The van der Waals surface area contributed by atoms with Crippen LogP contribution < -0.4 is 5.32 Å². The Bertz CT molecular complexity index is 911. The van der Waals surface area contributed by atoms with Gasteiger partial charge in [0.15, 0.2) is 5.78 Å². The van der Waals surface area contributed by atoms with Gasteiger partial charge >= 0.3 is 6.09 Å². The molecule has 1 aromatic rings. The second-order valence-corrected chi connectivity index (χ2v) is 9.06. The molecule has 3 aliphatic rings. The average molecular weight is 428 g/mol. The summed E-state index contributed by atoms with van der Waals surface area (Å²) in [6.45, 7) is 8.75. The number of allylic oxidation sites excluding steroid dienone is 1. The van der Waals surface area contributed by atoms with Crippen molar-refractivity contribution in [2.75, 3.05) is 13.2 Å². The van der Waals surface area contributed by atoms with Crippen molar-refractivity contribution in [3.8, 4) is 0 Å². The Hall–Kier alpha value is -2.34. The van der Waals surface area contributed by atoms with Crippen molar-refractivity contribution in [2.45, 2.75) is 71.5 Å². The molecule has 31 heavy (non-hydrogen) atoms. The Morgan fingerprint density at radius 2 is 1.94 bits per heavy atom. The van der Waals surface area contributed by atoms with E-state index >= 15 is 0 Å². The molecular weight excluding hydrogens is 394 g/mol. The monoisotopic (exact) mass is 427 g/mol. The van der Waals surface area contributed by atoms with Crippen molar-refractivity contribution in [1.82, 2.24) is 5.32 Å². The van der Waals surface area contributed by atoms with Crippen LogP contribution >= 0.6 is 0 Å². The zero-order valence-electron chi connectivity index (χ0n) is 18.9. The van der Waals surface area contributed by atoms with Gasteiger partial charge in [0.25, 0.3) is 0 Å². The van der Waals surface area contributed by atoms with Gasteiger partial charge in [-0.2, -0.15) is 0 Å². The molecule has 2 N–H and O–H groups in total. The maximum absolute atomic E-state index is 13.8. The minimum Gasteiger partial charge on any atom is -0.511 e. The molecule has 2 heterocycles. The number of carbonyl (C=O) groups excluding carboxylic acids is 2. The highest BCUT2D eigenvalue weighted by molar-refractivity contribution is 6.26. The molecule has 2 fully saturated rings. The molecule has 4 atom stereocenters. The molecule has 6 nitrogen and oxygen atoms in total. The molecule has 168 valence electrons. The zero-order valence-corrected chi connectivity index (χ0v) is 18.9. The van der Waals surface area contributed by atoms with Gasteiger partial charge in [0.2, 0.25) is 0 Å². The van der Waals surface area contributed by atoms with E-state index in [0.29, 0.717) is 18.5 Å². The van der Waals surface area contributed by atoms with Gasteiger partial charge in [-0.25, -0.2) is 4.79 Å². The smallest absolute Gasteiger partial charge is 0.407 e. The fourth-order valence-corrected chi connectivity index (χ4v) is 5.75. The van der Waals surface area contributed by atoms with Crippen LogP contribution in [-0.2, 0) is 27.1 Å². The minimum absolute atomic E-state index is 0.0294. The van der Waals surface area contributed by atoms with Crippen LogP contribution in [0.4, 0.5) is 4.79 Å². The molecule has 0 unspecified atom stereocenters. The molecule has 1 aliphatic carbocycles. The number of aryl methyl sites for hydroxylation is 3. The highest BCUT2D eigenvalue weighted by Crippen LogP contribution is 2.59. The van der Waals surface area contributed by atoms with Crippen LogP contribution in [0.15, 0.2) is 17.9 Å². The fraction of sp³-hybridized carbons (Fsp3) is 0.600. The molecule has 1 aromatic carbocycles. The zero-order chi connectivity index (χ0) is 22.3. The van der Waals surface area contributed by atoms with E-state index in [0.717, 1.165) is 47.9 Å². The van der Waals surface area contributed by atoms with Gasteiger partial charge in [0.1, 0.15) is 18.0 Å². The number of carbonyl (C=O) groups is 2. The second kappa shape index (κ2) is 8.30. The summed E-state index contributed by atoms with van der Waals surface area (Å²) in [5, 5.41) is 14.0. The van der Waals surface area contributed by atoms with Crippen LogP contribution in [0.25, 0.3) is 5.57 Å². The van der Waals surface area contributed by atoms with Gasteiger partial charge in [-0.1, -0.05) is 38.5 Å². The summed E-state index contributed by atoms with van der Waals surface area (Å²) in [6, 6.07) is 4.22. The lowest BCUT2D eigenvalue weighted by Gasteiger charge is -2.31. The summed E-state index contributed by atoms with van der Waals surface area (Å²) in [4.78, 5) is 25.8. The van der Waals surface area contributed by atoms with Crippen LogP contribution in [-0.4, -0.2) is 41.8 Å². The van der Waals surface area contributed by atoms with Crippen LogP contribution in [0.2, 0.25) is 0 Å². The summed E-state index contributed by atoms with van der Waals surface area (Å²) in [7, 11) is 0. The first-order chi connectivity index (χ1) is 14.9. The van der Waals surface area contributed by atoms with Crippen LogP contribution in [0.3, 0.4) is 0 Å². The number of amides is 1. The Labute approximate surface area is 184 Å². The third kappa shape index (κ3) is 3.45. The number of alkyl carbamates (subject to hydrolysis) is 1. The number of ketones is 1. The molecule has 0 radical (unpaired) electrons. The third-order valence-electron chi connectivity index (χ3n) is 7.09. The number of ether oxygens (including phenoxy) is 2. The lowest BCUT2D eigenvalue weighted by atomic mass is 9.72. The van der Waals surface area contributed by atoms with E-state index < -0.39 is 17.6 Å².